The van der Waals surface area contributed by atoms with E-state index in [2.05, 4.69) is 6.92 Å². The molecule has 0 aromatic heterocycles. The molecule has 0 fully saturated rings. The van der Waals surface area contributed by atoms with E-state index in [9.17, 15) is 30.1 Å². The lowest BCUT2D eigenvalue weighted by Crippen LogP contribution is -2.24. The predicted octanol–water partition coefficient (Wildman–Crippen LogP) is 2.77. The van der Waals surface area contributed by atoms with E-state index in [0.717, 1.165) is 44.2 Å². The molecule has 0 aliphatic heterocycles. The van der Waals surface area contributed by atoms with Crippen molar-refractivity contribution in [1.82, 2.24) is 0 Å². The van der Waals surface area contributed by atoms with Gasteiger partial charge in [-0.3, -0.25) is 20.2 Å². The number of carbonyl (C=O) groups is 1. The summed E-state index contributed by atoms with van der Waals surface area (Å²) in [4.78, 5) is 31.5. The number of non-ortho nitro benzene ring substituents is 1. The van der Waals surface area contributed by atoms with Crippen molar-refractivity contribution in [2.75, 3.05) is 0 Å². The van der Waals surface area contributed by atoms with Crippen molar-refractivity contribution in [3.63, 3.8) is 0 Å². The van der Waals surface area contributed by atoms with Gasteiger partial charge in [-0.1, -0.05) is 39.0 Å². The van der Waals surface area contributed by atoms with Gasteiger partial charge in [0.05, 0.1) is 21.9 Å². The third kappa shape index (κ3) is 5.32. The number of rotatable bonds is 10. The number of benzene rings is 1. The van der Waals surface area contributed by atoms with Crippen LogP contribution in [-0.4, -0.2) is 15.8 Å². The first-order valence-electron chi connectivity index (χ1n) is 7.55. The number of aromatic carboxylic acids is 1. The van der Waals surface area contributed by atoms with Gasteiger partial charge in [0.2, 0.25) is 0 Å². The molecule has 0 bridgehead atoms. The van der Waals surface area contributed by atoms with Crippen molar-refractivity contribution in [3.8, 4) is 0 Å². The van der Waals surface area contributed by atoms with Crippen LogP contribution in [0.4, 0.5) is 11.4 Å². The van der Waals surface area contributed by atoms with Crippen LogP contribution in [0.5, 0.6) is 0 Å². The molecule has 0 unspecified atom stereocenters. The first-order valence-corrected chi connectivity index (χ1v) is 7.55. The Kier molecular flexibility index (Phi) is 7.11. The van der Waals surface area contributed by atoms with Gasteiger partial charge in [-0.05, 0) is 12.8 Å². The molecular formula is C15H19N2O6-. The summed E-state index contributed by atoms with van der Waals surface area (Å²) in [6, 6.07) is 1.63. The Morgan fingerprint density at radius 2 is 1.61 bits per heavy atom. The smallest absolute Gasteiger partial charge is 0.280 e. The lowest BCUT2D eigenvalue weighted by molar-refractivity contribution is -0.394. The van der Waals surface area contributed by atoms with E-state index in [1.165, 1.54) is 0 Å². The fraction of sp³-hybridized carbons (Fsp3) is 0.533. The summed E-state index contributed by atoms with van der Waals surface area (Å²) in [5.74, 6) is -1.64. The molecule has 1 aromatic rings. The van der Waals surface area contributed by atoms with Crippen LogP contribution in [-0.2, 0) is 6.42 Å². The summed E-state index contributed by atoms with van der Waals surface area (Å²) in [6.45, 7) is 2.09. The highest BCUT2D eigenvalue weighted by molar-refractivity contribution is 5.90. The number of hydrogen-bond donors (Lipinski definition) is 0. The van der Waals surface area contributed by atoms with Gasteiger partial charge in [0.25, 0.3) is 11.4 Å². The maximum Gasteiger partial charge on any atom is 0.280 e. The second kappa shape index (κ2) is 8.82. The molecule has 8 nitrogen and oxygen atoms in total. The summed E-state index contributed by atoms with van der Waals surface area (Å²) in [5, 5.41) is 33.1. The van der Waals surface area contributed by atoms with Crippen molar-refractivity contribution >= 4 is 17.3 Å². The normalized spacial score (nSPS) is 10.5. The van der Waals surface area contributed by atoms with Crippen molar-refractivity contribution in [2.45, 2.75) is 51.9 Å². The Hall–Kier alpha value is -2.51. The summed E-state index contributed by atoms with van der Waals surface area (Å²) in [7, 11) is 0. The molecule has 126 valence electrons. The number of carbonyl (C=O) groups excluding carboxylic acids is 1. The van der Waals surface area contributed by atoms with Crippen molar-refractivity contribution in [1.29, 1.82) is 0 Å². The average Bonchev–Trinajstić information content (AvgIpc) is 2.49. The van der Waals surface area contributed by atoms with E-state index in [1.807, 2.05) is 0 Å². The minimum absolute atomic E-state index is 0.00362. The van der Waals surface area contributed by atoms with Crippen molar-refractivity contribution in [2.24, 2.45) is 0 Å². The van der Waals surface area contributed by atoms with E-state index in [-0.39, 0.29) is 12.0 Å². The van der Waals surface area contributed by atoms with Gasteiger partial charge < -0.3 is 9.90 Å². The molecule has 1 rings (SSSR count). The number of unbranched alkanes of at least 4 members (excludes halogenated alkanes) is 5. The fourth-order valence-electron chi connectivity index (χ4n) is 2.44. The van der Waals surface area contributed by atoms with Crippen LogP contribution < -0.4 is 5.11 Å². The second-order valence-corrected chi connectivity index (χ2v) is 5.31. The van der Waals surface area contributed by atoms with Crippen LogP contribution in [0.15, 0.2) is 12.1 Å². The van der Waals surface area contributed by atoms with E-state index >= 15 is 0 Å². The Balaban J connectivity index is 3.00. The van der Waals surface area contributed by atoms with Crippen molar-refractivity contribution in [3.05, 3.63) is 43.5 Å². The number of nitro benzene ring substituents is 2. The monoisotopic (exact) mass is 323 g/mol. The molecule has 0 aliphatic carbocycles. The standard InChI is InChI=1S/C15H20N2O6/c1-2-3-4-5-6-7-8-12-13(15(18)19)9-11(16(20)21)10-14(12)17(22)23/h9-10H,2-8H2,1H3,(H,18,19)/p-1. The fourth-order valence-corrected chi connectivity index (χ4v) is 2.44. The number of hydrogen-bond acceptors (Lipinski definition) is 6. The topological polar surface area (TPSA) is 126 Å². The molecule has 0 spiro atoms. The minimum atomic E-state index is -1.64. The highest BCUT2D eigenvalue weighted by Gasteiger charge is 2.24. The SMILES string of the molecule is CCCCCCCCc1c(C(=O)[O-])cc([N+](=O)[O-])cc1[N+](=O)[O-]. The molecule has 0 saturated heterocycles. The number of carboxylic acid groups (broad SMARTS) is 1. The van der Waals surface area contributed by atoms with Crippen LogP contribution in [0.1, 0.15) is 61.4 Å². The second-order valence-electron chi connectivity index (χ2n) is 5.31. The zero-order valence-corrected chi connectivity index (χ0v) is 12.9. The van der Waals surface area contributed by atoms with Crippen molar-refractivity contribution < 1.29 is 19.7 Å². The highest BCUT2D eigenvalue weighted by atomic mass is 16.6. The third-order valence-electron chi connectivity index (χ3n) is 3.62. The van der Waals surface area contributed by atoms with Crippen LogP contribution in [0.2, 0.25) is 0 Å². The van der Waals surface area contributed by atoms with E-state index < -0.39 is 32.8 Å². The maximum absolute atomic E-state index is 11.2. The summed E-state index contributed by atoms with van der Waals surface area (Å²) >= 11 is 0. The molecule has 23 heavy (non-hydrogen) atoms. The van der Waals surface area contributed by atoms with Gasteiger partial charge in [-0.25, -0.2) is 0 Å². The van der Waals surface area contributed by atoms with Gasteiger partial charge in [-0.15, -0.1) is 0 Å². The molecule has 0 aliphatic rings. The lowest BCUT2D eigenvalue weighted by atomic mass is 9.98. The van der Waals surface area contributed by atoms with Crippen LogP contribution in [0.3, 0.4) is 0 Å². The first kappa shape index (κ1) is 18.5. The molecule has 0 N–H and O–H groups in total. The lowest BCUT2D eigenvalue weighted by Gasteiger charge is -2.11. The summed E-state index contributed by atoms with van der Waals surface area (Å²) in [6.07, 6.45) is 5.83. The third-order valence-corrected chi connectivity index (χ3v) is 3.62. The van der Waals surface area contributed by atoms with Crippen LogP contribution in [0.25, 0.3) is 0 Å². The van der Waals surface area contributed by atoms with Gasteiger partial charge in [0, 0.05) is 17.2 Å². The zero-order chi connectivity index (χ0) is 17.4. The van der Waals surface area contributed by atoms with Gasteiger partial charge in [-0.2, -0.15) is 0 Å². The zero-order valence-electron chi connectivity index (χ0n) is 12.9. The van der Waals surface area contributed by atoms with Crippen LogP contribution in [0, 0.1) is 20.2 Å². The maximum atomic E-state index is 11.2. The van der Waals surface area contributed by atoms with Crippen LogP contribution >= 0.6 is 0 Å². The molecule has 8 heteroatoms. The number of nitro groups is 2. The Morgan fingerprint density at radius 1 is 1.00 bits per heavy atom. The summed E-state index contributed by atoms with van der Waals surface area (Å²) < 4.78 is 0. The Morgan fingerprint density at radius 3 is 2.13 bits per heavy atom. The quantitative estimate of drug-likeness (QED) is 0.370. The van der Waals surface area contributed by atoms with E-state index in [4.69, 9.17) is 0 Å². The van der Waals surface area contributed by atoms with E-state index in [1.54, 1.807) is 0 Å². The average molecular weight is 323 g/mol. The molecule has 0 saturated carbocycles. The first-order chi connectivity index (χ1) is 10.9. The molecule has 0 heterocycles. The largest absolute Gasteiger partial charge is 0.545 e. The number of nitrogens with zero attached hydrogens (tertiary/aromatic N) is 2. The molecule has 0 amide bonds. The van der Waals surface area contributed by atoms with Gasteiger partial charge in [0.15, 0.2) is 0 Å². The molecule has 0 atom stereocenters. The van der Waals surface area contributed by atoms with E-state index in [0.29, 0.717) is 6.42 Å². The molecule has 1 aromatic carbocycles. The van der Waals surface area contributed by atoms with Gasteiger partial charge in [0.1, 0.15) is 0 Å². The minimum Gasteiger partial charge on any atom is -0.545 e. The Bertz CT molecular complexity index is 565. The predicted molar refractivity (Wildman–Crippen MR) is 81.2 cm³/mol. The molecular weight excluding hydrogens is 304 g/mol. The number of carboxylic acids is 1. The Labute approximate surface area is 133 Å². The summed E-state index contributed by atoms with van der Waals surface area (Å²) in [5.41, 5.74) is -1.63. The van der Waals surface area contributed by atoms with Gasteiger partial charge >= 0.3 is 0 Å². The highest BCUT2D eigenvalue weighted by Crippen LogP contribution is 2.30. The molecule has 0 radical (unpaired) electrons.